The van der Waals surface area contributed by atoms with Gasteiger partial charge in [-0.2, -0.15) is 5.26 Å². The lowest BCUT2D eigenvalue weighted by Gasteiger charge is -2.36. The average molecular weight is 499 g/mol. The summed E-state index contributed by atoms with van der Waals surface area (Å²) in [6, 6.07) is 22.1. The molecule has 0 unspecified atom stereocenters. The molecule has 5 rings (SSSR count). The van der Waals surface area contributed by atoms with Crippen LogP contribution in [0, 0.1) is 16.7 Å². The molecule has 2 aliphatic heterocycles. The second-order valence-corrected chi connectivity index (χ2v) is 9.25. The van der Waals surface area contributed by atoms with Crippen LogP contribution in [0.15, 0.2) is 78.9 Å². The molecule has 36 heavy (non-hydrogen) atoms. The van der Waals surface area contributed by atoms with E-state index in [4.69, 9.17) is 21.1 Å². The van der Waals surface area contributed by atoms with E-state index in [0.717, 1.165) is 11.3 Å². The molecule has 7 heteroatoms. The number of benzene rings is 3. The predicted octanol–water partition coefficient (Wildman–Crippen LogP) is 5.28. The van der Waals surface area contributed by atoms with Gasteiger partial charge in [0.1, 0.15) is 11.8 Å². The highest BCUT2D eigenvalue weighted by Crippen LogP contribution is 2.56. The van der Waals surface area contributed by atoms with Crippen molar-refractivity contribution < 1.29 is 19.1 Å². The first-order chi connectivity index (χ1) is 17.5. The van der Waals surface area contributed by atoms with E-state index in [-0.39, 0.29) is 5.78 Å². The van der Waals surface area contributed by atoms with Crippen molar-refractivity contribution in [3.05, 3.63) is 101 Å². The topological polar surface area (TPSA) is 79.6 Å². The van der Waals surface area contributed by atoms with Crippen molar-refractivity contribution in [2.24, 2.45) is 5.41 Å². The Morgan fingerprint density at radius 3 is 2.33 bits per heavy atom. The number of methoxy groups -OCH3 is 2. The second-order valence-electron chi connectivity index (χ2n) is 8.81. The Kier molecular flexibility index (Phi) is 6.03. The van der Waals surface area contributed by atoms with Gasteiger partial charge in [-0.15, -0.1) is 0 Å². The van der Waals surface area contributed by atoms with Gasteiger partial charge in [0.05, 0.1) is 26.3 Å². The van der Waals surface area contributed by atoms with Crippen LogP contribution in [0.3, 0.4) is 0 Å². The van der Waals surface area contributed by atoms with E-state index in [0.29, 0.717) is 21.9 Å². The smallest absolute Gasteiger partial charge is 0.329 e. The highest BCUT2D eigenvalue weighted by molar-refractivity contribution is 6.30. The van der Waals surface area contributed by atoms with Crippen molar-refractivity contribution in [2.75, 3.05) is 19.1 Å². The molecule has 2 heterocycles. The van der Waals surface area contributed by atoms with Gasteiger partial charge in [-0.25, -0.2) is 0 Å². The number of rotatable bonds is 5. The van der Waals surface area contributed by atoms with Crippen molar-refractivity contribution in [2.45, 2.75) is 18.0 Å². The maximum absolute atomic E-state index is 14.2. The highest BCUT2D eigenvalue weighted by atomic mass is 35.5. The number of esters is 1. The van der Waals surface area contributed by atoms with Gasteiger partial charge in [0.25, 0.3) is 0 Å². The predicted molar refractivity (Wildman–Crippen MR) is 137 cm³/mol. The average Bonchev–Trinajstić information content (AvgIpc) is 3.24. The molecule has 0 aromatic heterocycles. The van der Waals surface area contributed by atoms with E-state index in [1.165, 1.54) is 7.11 Å². The molecule has 0 N–H and O–H groups in total. The molecule has 180 valence electrons. The molecular formula is C29H23ClN2O4. The van der Waals surface area contributed by atoms with E-state index >= 15 is 0 Å². The number of nitriles is 1. The fourth-order valence-corrected chi connectivity index (χ4v) is 5.63. The summed E-state index contributed by atoms with van der Waals surface area (Å²) in [5.74, 6) is -1.11. The van der Waals surface area contributed by atoms with Crippen LogP contribution in [0.5, 0.6) is 5.75 Å². The molecule has 1 saturated heterocycles. The number of Topliss-reactive ketones (excluding diaryl/α,β-unsaturated/α-hetero) is 1. The van der Waals surface area contributed by atoms with Crippen LogP contribution in [0.4, 0.5) is 5.69 Å². The van der Waals surface area contributed by atoms with Gasteiger partial charge < -0.3 is 14.4 Å². The normalized spacial score (nSPS) is 23.8. The number of anilines is 1. The zero-order valence-electron chi connectivity index (χ0n) is 19.7. The number of halogens is 1. The number of hydrogen-bond acceptors (Lipinski definition) is 6. The van der Waals surface area contributed by atoms with Crippen LogP contribution in [0.2, 0.25) is 5.02 Å². The lowest BCUT2D eigenvalue weighted by Crippen LogP contribution is -2.46. The van der Waals surface area contributed by atoms with E-state index < -0.39 is 29.4 Å². The van der Waals surface area contributed by atoms with E-state index in [9.17, 15) is 14.9 Å². The van der Waals surface area contributed by atoms with Crippen molar-refractivity contribution >= 4 is 35.1 Å². The number of hydrogen-bond donors (Lipinski definition) is 0. The minimum absolute atomic E-state index is 0.219. The number of ketones is 1. The standard InChI is InChI=1S/C29H23ClN2O4/c1-35-22-14-9-19(10-15-22)25-26(27(33)20-7-12-21(30)13-8-20)32-23-6-4-3-5-18(23)11-16-24(32)29(25,17-31)28(34)36-2/h3-16,24-26H,1-2H3/t24-,25-,26-,29+/m1/s1. The minimum atomic E-state index is -1.68. The minimum Gasteiger partial charge on any atom is -0.497 e. The van der Waals surface area contributed by atoms with Crippen LogP contribution in [0.1, 0.15) is 27.4 Å². The number of carbonyl (C=O) groups excluding carboxylic acids is 2. The first kappa shape index (κ1) is 23.7. The number of nitrogens with zero attached hydrogens (tertiary/aromatic N) is 2. The van der Waals surface area contributed by atoms with Gasteiger partial charge in [0.2, 0.25) is 0 Å². The molecule has 6 nitrogen and oxygen atoms in total. The van der Waals surface area contributed by atoms with Crippen LogP contribution >= 0.6 is 11.6 Å². The zero-order valence-corrected chi connectivity index (χ0v) is 20.5. The van der Waals surface area contributed by atoms with Gasteiger partial charge in [0.15, 0.2) is 11.2 Å². The summed E-state index contributed by atoms with van der Waals surface area (Å²) in [6.07, 6.45) is 3.72. The lowest BCUT2D eigenvalue weighted by atomic mass is 9.68. The fourth-order valence-electron chi connectivity index (χ4n) is 5.51. The molecule has 2 aliphatic rings. The summed E-state index contributed by atoms with van der Waals surface area (Å²) < 4.78 is 10.6. The molecule has 3 aromatic rings. The van der Waals surface area contributed by atoms with Crippen LogP contribution in [-0.4, -0.2) is 38.1 Å². The first-order valence-electron chi connectivity index (χ1n) is 11.4. The molecule has 3 aromatic carbocycles. The van der Waals surface area contributed by atoms with Gasteiger partial charge in [-0.3, -0.25) is 9.59 Å². The summed E-state index contributed by atoms with van der Waals surface area (Å²) in [7, 11) is 2.83. The molecule has 0 aliphatic carbocycles. The summed E-state index contributed by atoms with van der Waals surface area (Å²) in [4.78, 5) is 29.7. The molecule has 0 radical (unpaired) electrons. The monoisotopic (exact) mass is 498 g/mol. The molecule has 0 amide bonds. The summed E-state index contributed by atoms with van der Waals surface area (Å²) in [5.41, 5.74) is 1.09. The fraction of sp³-hybridized carbons (Fsp3) is 0.207. The maximum atomic E-state index is 14.2. The van der Waals surface area contributed by atoms with Gasteiger partial charge in [-0.05, 0) is 53.6 Å². The molecule has 4 atom stereocenters. The Morgan fingerprint density at radius 1 is 1.00 bits per heavy atom. The van der Waals surface area contributed by atoms with Crippen LogP contribution < -0.4 is 9.64 Å². The third-order valence-corrected chi connectivity index (χ3v) is 7.38. The van der Waals surface area contributed by atoms with Gasteiger partial charge in [-0.1, -0.05) is 54.1 Å². The largest absolute Gasteiger partial charge is 0.497 e. The van der Waals surface area contributed by atoms with E-state index in [1.807, 2.05) is 41.3 Å². The van der Waals surface area contributed by atoms with E-state index in [2.05, 4.69) is 6.07 Å². The molecular weight excluding hydrogens is 476 g/mol. The van der Waals surface area contributed by atoms with Crippen molar-refractivity contribution in [1.29, 1.82) is 5.26 Å². The van der Waals surface area contributed by atoms with Crippen LogP contribution in [0.25, 0.3) is 6.08 Å². The Bertz CT molecular complexity index is 1390. The lowest BCUT2D eigenvalue weighted by molar-refractivity contribution is -0.150. The van der Waals surface area contributed by atoms with E-state index in [1.54, 1.807) is 55.6 Å². The molecule has 0 saturated carbocycles. The highest BCUT2D eigenvalue weighted by Gasteiger charge is 2.67. The number of fused-ring (bicyclic) bond motifs is 3. The van der Waals surface area contributed by atoms with Gasteiger partial charge >= 0.3 is 5.97 Å². The van der Waals surface area contributed by atoms with Crippen molar-refractivity contribution in [1.82, 2.24) is 0 Å². The summed E-state index contributed by atoms with van der Waals surface area (Å²) >= 11 is 6.09. The zero-order chi connectivity index (χ0) is 25.4. The Hall–Kier alpha value is -4.08. The second kappa shape index (κ2) is 9.18. The number of ether oxygens (including phenoxy) is 2. The molecule has 0 bridgehead atoms. The Labute approximate surface area is 214 Å². The Balaban J connectivity index is 1.79. The third-order valence-electron chi connectivity index (χ3n) is 7.13. The first-order valence-corrected chi connectivity index (χ1v) is 11.8. The Morgan fingerprint density at radius 2 is 1.69 bits per heavy atom. The molecule has 1 fully saturated rings. The SMILES string of the molecule is COC(=O)[C@]1(C#N)[C@H](c2ccc(OC)cc2)[C@H](C(=O)c2ccc(Cl)cc2)N2c3ccccc3C=C[C@@H]21. The number of para-hydroxylation sites is 1. The quantitative estimate of drug-likeness (QED) is 0.351. The van der Waals surface area contributed by atoms with Crippen LogP contribution in [-0.2, 0) is 9.53 Å². The van der Waals surface area contributed by atoms with Crippen molar-refractivity contribution in [3.63, 3.8) is 0 Å². The maximum Gasteiger partial charge on any atom is 0.329 e. The summed E-state index contributed by atoms with van der Waals surface area (Å²) in [5, 5.41) is 11.2. The summed E-state index contributed by atoms with van der Waals surface area (Å²) in [6.45, 7) is 0. The van der Waals surface area contributed by atoms with Crippen molar-refractivity contribution in [3.8, 4) is 11.8 Å². The van der Waals surface area contributed by atoms with Gasteiger partial charge in [0, 0.05) is 22.2 Å². The third kappa shape index (κ3) is 3.47. The number of carbonyl (C=O) groups is 2. The molecule has 0 spiro atoms.